The molecule has 0 fully saturated rings. The summed E-state index contributed by atoms with van der Waals surface area (Å²) in [5.74, 6) is -1.84. The van der Waals surface area contributed by atoms with Crippen LogP contribution in [0, 0.1) is 11.6 Å². The van der Waals surface area contributed by atoms with Crippen LogP contribution in [0.4, 0.5) is 8.78 Å². The second-order valence-electron chi connectivity index (χ2n) is 3.47. The molecule has 2 rings (SSSR count). The summed E-state index contributed by atoms with van der Waals surface area (Å²) in [7, 11) is 0. The summed E-state index contributed by atoms with van der Waals surface area (Å²) in [4.78, 5) is 0. The van der Waals surface area contributed by atoms with Crippen LogP contribution in [0.25, 0.3) is 11.0 Å². The van der Waals surface area contributed by atoms with E-state index >= 15 is 0 Å². The van der Waals surface area contributed by atoms with Gasteiger partial charge >= 0.3 is 0 Å². The van der Waals surface area contributed by atoms with Crippen LogP contribution < -0.4 is 5.73 Å². The van der Waals surface area contributed by atoms with Gasteiger partial charge in [-0.1, -0.05) is 5.21 Å². The molecule has 0 radical (unpaired) electrons. The fourth-order valence-electron chi connectivity index (χ4n) is 1.46. The van der Waals surface area contributed by atoms with E-state index in [9.17, 15) is 8.78 Å². The summed E-state index contributed by atoms with van der Waals surface area (Å²) in [6, 6.07) is 2.10. The molecule has 1 aromatic carbocycles. The fourth-order valence-corrected chi connectivity index (χ4v) is 1.46. The van der Waals surface area contributed by atoms with Gasteiger partial charge < -0.3 is 10.5 Å². The van der Waals surface area contributed by atoms with Crippen LogP contribution in [0.1, 0.15) is 0 Å². The van der Waals surface area contributed by atoms with Gasteiger partial charge in [-0.3, -0.25) is 0 Å². The van der Waals surface area contributed by atoms with Crippen molar-refractivity contribution in [3.8, 4) is 0 Å². The van der Waals surface area contributed by atoms with Gasteiger partial charge in [0.2, 0.25) is 0 Å². The zero-order chi connectivity index (χ0) is 12.3. The Morgan fingerprint density at radius 2 is 2.00 bits per heavy atom. The van der Waals surface area contributed by atoms with E-state index in [0.717, 1.165) is 12.1 Å². The number of nitrogens with zero attached hydrogens (tertiary/aromatic N) is 3. The van der Waals surface area contributed by atoms with E-state index in [1.807, 2.05) is 0 Å². The van der Waals surface area contributed by atoms with Crippen molar-refractivity contribution in [2.24, 2.45) is 5.73 Å². The molecule has 0 saturated carbocycles. The molecule has 0 spiro atoms. The Bertz CT molecular complexity index is 514. The Morgan fingerprint density at radius 1 is 1.24 bits per heavy atom. The maximum absolute atomic E-state index is 13.1. The topological polar surface area (TPSA) is 66.0 Å². The number of hydrogen-bond donors (Lipinski definition) is 1. The van der Waals surface area contributed by atoms with E-state index in [1.165, 1.54) is 4.68 Å². The van der Waals surface area contributed by atoms with Gasteiger partial charge in [0.15, 0.2) is 11.6 Å². The van der Waals surface area contributed by atoms with Crippen LogP contribution in [-0.4, -0.2) is 34.8 Å². The third-order valence-electron chi connectivity index (χ3n) is 2.27. The molecule has 0 atom stereocenters. The number of rotatable bonds is 5. The first-order valence-electron chi connectivity index (χ1n) is 5.18. The lowest BCUT2D eigenvalue weighted by atomic mass is 10.3. The Labute approximate surface area is 96.2 Å². The predicted molar refractivity (Wildman–Crippen MR) is 57.3 cm³/mol. The van der Waals surface area contributed by atoms with Crippen molar-refractivity contribution in [3.63, 3.8) is 0 Å². The monoisotopic (exact) mass is 242 g/mol. The quantitative estimate of drug-likeness (QED) is 0.783. The van der Waals surface area contributed by atoms with Crippen LogP contribution in [-0.2, 0) is 11.3 Å². The molecule has 0 unspecified atom stereocenters. The first-order chi connectivity index (χ1) is 8.22. The van der Waals surface area contributed by atoms with Gasteiger partial charge in [-0.2, -0.15) is 0 Å². The first kappa shape index (κ1) is 11.9. The number of ether oxygens (including phenoxy) is 1. The number of hydrogen-bond acceptors (Lipinski definition) is 4. The number of benzene rings is 1. The van der Waals surface area contributed by atoms with Gasteiger partial charge in [0, 0.05) is 18.7 Å². The van der Waals surface area contributed by atoms with E-state index in [4.69, 9.17) is 10.5 Å². The van der Waals surface area contributed by atoms with Crippen LogP contribution >= 0.6 is 0 Å². The average Bonchev–Trinajstić information content (AvgIpc) is 2.68. The third-order valence-corrected chi connectivity index (χ3v) is 2.27. The molecule has 0 amide bonds. The molecule has 0 aliphatic heterocycles. The minimum absolute atomic E-state index is 0.322. The summed E-state index contributed by atoms with van der Waals surface area (Å²) >= 11 is 0. The van der Waals surface area contributed by atoms with Gasteiger partial charge in [-0.15, -0.1) is 5.10 Å². The molecular formula is C10H12F2N4O. The molecule has 5 nitrogen and oxygen atoms in total. The van der Waals surface area contributed by atoms with Crippen molar-refractivity contribution in [1.29, 1.82) is 0 Å². The van der Waals surface area contributed by atoms with Gasteiger partial charge in [-0.25, -0.2) is 13.5 Å². The second kappa shape index (κ2) is 5.15. The lowest BCUT2D eigenvalue weighted by Gasteiger charge is -2.03. The standard InChI is InChI=1S/C10H12F2N4O/c11-7-5-9-10(6-8(7)12)16(15-14-9)2-4-17-3-1-13/h5-6H,1-4,13H2. The Morgan fingerprint density at radius 3 is 2.76 bits per heavy atom. The lowest BCUT2D eigenvalue weighted by molar-refractivity contribution is 0.131. The van der Waals surface area contributed by atoms with Gasteiger partial charge in [0.1, 0.15) is 5.52 Å². The highest BCUT2D eigenvalue weighted by molar-refractivity contribution is 5.74. The maximum Gasteiger partial charge on any atom is 0.161 e. The van der Waals surface area contributed by atoms with Crippen molar-refractivity contribution >= 4 is 11.0 Å². The minimum atomic E-state index is -0.927. The van der Waals surface area contributed by atoms with E-state index < -0.39 is 11.6 Å². The largest absolute Gasteiger partial charge is 0.378 e. The smallest absolute Gasteiger partial charge is 0.161 e. The van der Waals surface area contributed by atoms with Crippen LogP contribution in [0.2, 0.25) is 0 Å². The Balaban J connectivity index is 2.15. The van der Waals surface area contributed by atoms with Crippen LogP contribution in [0.15, 0.2) is 12.1 Å². The molecule has 1 heterocycles. The van der Waals surface area contributed by atoms with E-state index in [1.54, 1.807) is 0 Å². The van der Waals surface area contributed by atoms with E-state index in [-0.39, 0.29) is 0 Å². The zero-order valence-corrected chi connectivity index (χ0v) is 9.07. The van der Waals surface area contributed by atoms with Gasteiger partial charge in [-0.05, 0) is 0 Å². The van der Waals surface area contributed by atoms with Crippen LogP contribution in [0.5, 0.6) is 0 Å². The highest BCUT2D eigenvalue weighted by atomic mass is 19.2. The number of fused-ring (bicyclic) bond motifs is 1. The molecule has 0 saturated heterocycles. The van der Waals surface area contributed by atoms with Gasteiger partial charge in [0.25, 0.3) is 0 Å². The minimum Gasteiger partial charge on any atom is -0.378 e. The molecular weight excluding hydrogens is 230 g/mol. The van der Waals surface area contributed by atoms with Crippen molar-refractivity contribution in [2.75, 3.05) is 19.8 Å². The molecule has 0 aliphatic rings. The highest BCUT2D eigenvalue weighted by Crippen LogP contribution is 2.15. The second-order valence-corrected chi connectivity index (χ2v) is 3.47. The average molecular weight is 242 g/mol. The Hall–Kier alpha value is -1.60. The molecule has 17 heavy (non-hydrogen) atoms. The van der Waals surface area contributed by atoms with Crippen LogP contribution in [0.3, 0.4) is 0 Å². The SMILES string of the molecule is NCCOCCn1nnc2cc(F)c(F)cc21. The molecule has 7 heteroatoms. The summed E-state index contributed by atoms with van der Waals surface area (Å²) in [6.07, 6.45) is 0. The molecule has 0 bridgehead atoms. The first-order valence-corrected chi connectivity index (χ1v) is 5.18. The molecule has 2 aromatic rings. The van der Waals surface area contributed by atoms with Gasteiger partial charge in [0.05, 0.1) is 25.3 Å². The number of aromatic nitrogens is 3. The lowest BCUT2D eigenvalue weighted by Crippen LogP contribution is -2.13. The Kier molecular flexibility index (Phi) is 3.60. The molecule has 2 N–H and O–H groups in total. The van der Waals surface area contributed by atoms with Crippen molar-refractivity contribution in [3.05, 3.63) is 23.8 Å². The summed E-state index contributed by atoms with van der Waals surface area (Å²) in [6.45, 7) is 1.71. The molecule has 92 valence electrons. The normalized spacial score (nSPS) is 11.2. The number of halogens is 2. The van der Waals surface area contributed by atoms with Crippen molar-refractivity contribution in [2.45, 2.75) is 6.54 Å². The van der Waals surface area contributed by atoms with Crippen molar-refractivity contribution < 1.29 is 13.5 Å². The van der Waals surface area contributed by atoms with Crippen molar-refractivity contribution in [1.82, 2.24) is 15.0 Å². The van der Waals surface area contributed by atoms with E-state index in [0.29, 0.717) is 37.3 Å². The summed E-state index contributed by atoms with van der Waals surface area (Å²) in [5, 5.41) is 7.54. The van der Waals surface area contributed by atoms with E-state index in [2.05, 4.69) is 10.3 Å². The number of nitrogens with two attached hydrogens (primary N) is 1. The third kappa shape index (κ3) is 2.56. The summed E-state index contributed by atoms with van der Waals surface area (Å²) in [5.41, 5.74) is 6.03. The maximum atomic E-state index is 13.1. The highest BCUT2D eigenvalue weighted by Gasteiger charge is 2.09. The molecule has 0 aliphatic carbocycles. The fraction of sp³-hybridized carbons (Fsp3) is 0.400. The summed E-state index contributed by atoms with van der Waals surface area (Å²) < 4.78 is 32.6. The zero-order valence-electron chi connectivity index (χ0n) is 9.07. The molecule has 1 aromatic heterocycles. The predicted octanol–water partition coefficient (Wildman–Crippen LogP) is 0.685.